The molecule has 4 nitrogen and oxygen atoms in total. The number of nitrogens with one attached hydrogen (secondary N) is 1. The first-order chi connectivity index (χ1) is 8.67. The predicted octanol–water partition coefficient (Wildman–Crippen LogP) is 1.53. The maximum atomic E-state index is 11.3. The first-order valence-corrected chi connectivity index (χ1v) is 6.03. The lowest BCUT2D eigenvalue weighted by Crippen LogP contribution is -2.30. The zero-order valence-corrected chi connectivity index (χ0v) is 11.2. The molecule has 18 heavy (non-hydrogen) atoms. The maximum absolute atomic E-state index is 11.3. The minimum atomic E-state index is -0.215. The molecule has 0 aliphatic rings. The topological polar surface area (TPSA) is 47.6 Å². The van der Waals surface area contributed by atoms with Gasteiger partial charge in [0.25, 0.3) is 0 Å². The quantitative estimate of drug-likeness (QED) is 0.747. The highest BCUT2D eigenvalue weighted by Gasteiger charge is 2.08. The summed E-state index contributed by atoms with van der Waals surface area (Å²) in [5.41, 5.74) is 2.12. The van der Waals surface area contributed by atoms with Crippen LogP contribution in [0.2, 0.25) is 0 Å². The van der Waals surface area contributed by atoms with Crippen molar-refractivity contribution in [1.29, 1.82) is 0 Å². The minimum absolute atomic E-state index is 0.215. The molecule has 0 spiro atoms. The fraction of sp³-hybridized carbons (Fsp3) is 0.500. The van der Waals surface area contributed by atoms with Crippen molar-refractivity contribution in [1.82, 2.24) is 5.32 Å². The molecule has 0 heterocycles. The van der Waals surface area contributed by atoms with Gasteiger partial charge in [0.15, 0.2) is 0 Å². The third-order valence-corrected chi connectivity index (χ3v) is 2.74. The molecule has 1 N–H and O–H groups in total. The largest absolute Gasteiger partial charge is 0.469 e. The molecule has 0 aromatic heterocycles. The molecular formula is C14H21NO3. The number of esters is 1. The van der Waals surface area contributed by atoms with Crippen LogP contribution in [-0.2, 0) is 27.2 Å². The number of rotatable bonds is 7. The summed E-state index contributed by atoms with van der Waals surface area (Å²) in [5.74, 6) is -0.215. The van der Waals surface area contributed by atoms with Crippen LogP contribution in [0.15, 0.2) is 24.3 Å². The van der Waals surface area contributed by atoms with E-state index in [0.29, 0.717) is 13.0 Å². The van der Waals surface area contributed by atoms with Crippen LogP contribution in [-0.4, -0.2) is 32.8 Å². The zero-order valence-electron chi connectivity index (χ0n) is 11.2. The number of hydrogen-bond donors (Lipinski definition) is 1. The van der Waals surface area contributed by atoms with Gasteiger partial charge in [-0.3, -0.25) is 4.79 Å². The van der Waals surface area contributed by atoms with Crippen LogP contribution in [0.5, 0.6) is 0 Å². The second kappa shape index (κ2) is 7.84. The number of benzene rings is 1. The number of carbonyl (C=O) groups excluding carboxylic acids is 1. The Balaban J connectivity index is 2.61. The predicted molar refractivity (Wildman–Crippen MR) is 70.3 cm³/mol. The molecule has 4 heteroatoms. The van der Waals surface area contributed by atoms with Gasteiger partial charge in [0.1, 0.15) is 0 Å². The van der Waals surface area contributed by atoms with E-state index < -0.39 is 0 Å². The molecule has 0 amide bonds. The highest BCUT2D eigenvalue weighted by molar-refractivity contribution is 5.72. The second-order valence-corrected chi connectivity index (χ2v) is 4.26. The minimum Gasteiger partial charge on any atom is -0.469 e. The van der Waals surface area contributed by atoms with Crippen LogP contribution in [0.4, 0.5) is 0 Å². The fourth-order valence-electron chi connectivity index (χ4n) is 1.72. The van der Waals surface area contributed by atoms with Gasteiger partial charge in [-0.2, -0.15) is 0 Å². The Kier molecular flexibility index (Phi) is 6.39. The number of carbonyl (C=O) groups is 1. The molecule has 100 valence electrons. The highest BCUT2D eigenvalue weighted by atomic mass is 16.5. The Morgan fingerprint density at radius 3 is 2.56 bits per heavy atom. The van der Waals surface area contributed by atoms with E-state index in [4.69, 9.17) is 9.47 Å². The molecule has 0 aliphatic carbocycles. The zero-order chi connectivity index (χ0) is 13.4. The van der Waals surface area contributed by atoms with Crippen molar-refractivity contribution in [2.24, 2.45) is 0 Å². The first-order valence-electron chi connectivity index (χ1n) is 6.03. The summed E-state index contributed by atoms with van der Waals surface area (Å²) in [6.07, 6.45) is 0.313. The lowest BCUT2D eigenvalue weighted by atomic mass is 10.0. The van der Waals surface area contributed by atoms with E-state index in [0.717, 1.165) is 17.7 Å². The van der Waals surface area contributed by atoms with Crippen molar-refractivity contribution < 1.29 is 14.3 Å². The van der Waals surface area contributed by atoms with Crippen molar-refractivity contribution in [3.8, 4) is 0 Å². The van der Waals surface area contributed by atoms with Gasteiger partial charge in [-0.15, -0.1) is 0 Å². The summed E-state index contributed by atoms with van der Waals surface area (Å²) < 4.78 is 9.76. The molecule has 0 saturated carbocycles. The van der Waals surface area contributed by atoms with Gasteiger partial charge in [0, 0.05) is 19.7 Å². The summed E-state index contributed by atoms with van der Waals surface area (Å²) in [6.45, 7) is 3.45. The monoisotopic (exact) mass is 251 g/mol. The lowest BCUT2D eigenvalue weighted by Gasteiger charge is -2.14. The van der Waals surface area contributed by atoms with Crippen LogP contribution < -0.4 is 5.32 Å². The second-order valence-electron chi connectivity index (χ2n) is 4.26. The molecule has 0 fully saturated rings. The SMILES string of the molecule is COCC(C)NCc1ccccc1CC(=O)OC. The number of ether oxygens (including phenoxy) is 2. The Morgan fingerprint density at radius 2 is 1.94 bits per heavy atom. The fourth-order valence-corrected chi connectivity index (χ4v) is 1.72. The Bertz CT molecular complexity index is 379. The summed E-state index contributed by atoms with van der Waals surface area (Å²) in [6, 6.07) is 8.15. The normalized spacial score (nSPS) is 12.2. The van der Waals surface area contributed by atoms with Gasteiger partial charge in [-0.05, 0) is 18.1 Å². The molecule has 1 aromatic rings. The van der Waals surface area contributed by atoms with Gasteiger partial charge in [-0.25, -0.2) is 0 Å². The van der Waals surface area contributed by atoms with E-state index >= 15 is 0 Å². The van der Waals surface area contributed by atoms with Crippen LogP contribution >= 0.6 is 0 Å². The molecule has 0 aliphatic heterocycles. The Morgan fingerprint density at radius 1 is 1.28 bits per heavy atom. The average Bonchev–Trinajstić information content (AvgIpc) is 2.38. The molecule has 1 atom stereocenters. The Hall–Kier alpha value is -1.39. The molecule has 1 aromatic carbocycles. The van der Waals surface area contributed by atoms with Gasteiger partial charge in [0.05, 0.1) is 20.1 Å². The number of hydrogen-bond acceptors (Lipinski definition) is 4. The van der Waals surface area contributed by atoms with Gasteiger partial charge in [-0.1, -0.05) is 24.3 Å². The third-order valence-electron chi connectivity index (χ3n) is 2.74. The highest BCUT2D eigenvalue weighted by Crippen LogP contribution is 2.10. The van der Waals surface area contributed by atoms with E-state index in [1.54, 1.807) is 7.11 Å². The average molecular weight is 251 g/mol. The van der Waals surface area contributed by atoms with E-state index in [2.05, 4.69) is 12.2 Å². The van der Waals surface area contributed by atoms with Crippen molar-refractivity contribution in [3.63, 3.8) is 0 Å². The van der Waals surface area contributed by atoms with Crippen LogP contribution in [0.3, 0.4) is 0 Å². The first kappa shape index (κ1) is 14.7. The van der Waals surface area contributed by atoms with Gasteiger partial charge < -0.3 is 14.8 Å². The molecule has 0 radical (unpaired) electrons. The summed E-state index contributed by atoms with van der Waals surface area (Å²) in [5, 5.41) is 3.35. The van der Waals surface area contributed by atoms with Crippen molar-refractivity contribution in [2.45, 2.75) is 25.9 Å². The van der Waals surface area contributed by atoms with E-state index in [1.165, 1.54) is 7.11 Å². The van der Waals surface area contributed by atoms with Gasteiger partial charge in [0.2, 0.25) is 0 Å². The molecule has 0 saturated heterocycles. The van der Waals surface area contributed by atoms with Crippen molar-refractivity contribution in [2.75, 3.05) is 20.8 Å². The van der Waals surface area contributed by atoms with Crippen molar-refractivity contribution in [3.05, 3.63) is 35.4 Å². The van der Waals surface area contributed by atoms with Gasteiger partial charge >= 0.3 is 5.97 Å². The third kappa shape index (κ3) is 4.85. The smallest absolute Gasteiger partial charge is 0.309 e. The van der Waals surface area contributed by atoms with E-state index in [1.807, 2.05) is 24.3 Å². The summed E-state index contributed by atoms with van der Waals surface area (Å²) in [4.78, 5) is 11.3. The van der Waals surface area contributed by atoms with Crippen molar-refractivity contribution >= 4 is 5.97 Å². The van der Waals surface area contributed by atoms with E-state index in [9.17, 15) is 4.79 Å². The van der Waals surface area contributed by atoms with Crippen LogP contribution in [0, 0.1) is 0 Å². The van der Waals surface area contributed by atoms with Crippen LogP contribution in [0.1, 0.15) is 18.1 Å². The lowest BCUT2D eigenvalue weighted by molar-refractivity contribution is -0.139. The Labute approximate surface area is 108 Å². The van der Waals surface area contributed by atoms with E-state index in [-0.39, 0.29) is 12.0 Å². The standard InChI is InChI=1S/C14H21NO3/c1-11(10-17-2)15-9-13-7-5-4-6-12(13)8-14(16)18-3/h4-7,11,15H,8-10H2,1-3H3. The molecule has 1 rings (SSSR count). The maximum Gasteiger partial charge on any atom is 0.309 e. The molecular weight excluding hydrogens is 230 g/mol. The molecule has 0 bridgehead atoms. The molecule has 1 unspecified atom stereocenters. The van der Waals surface area contributed by atoms with Crippen LogP contribution in [0.25, 0.3) is 0 Å². The summed E-state index contributed by atoms with van der Waals surface area (Å²) in [7, 11) is 3.09. The number of methoxy groups -OCH3 is 2. The summed E-state index contributed by atoms with van der Waals surface area (Å²) >= 11 is 0.